The smallest absolute Gasteiger partial charge is 0.409 e. The van der Waals surface area contributed by atoms with Crippen LogP contribution in [0.5, 0.6) is 17.2 Å². The van der Waals surface area contributed by atoms with Crippen molar-refractivity contribution in [3.63, 3.8) is 0 Å². The van der Waals surface area contributed by atoms with Crippen LogP contribution in [0.2, 0.25) is 0 Å². The molecule has 4 aliphatic heterocycles. The number of alkyl carbamates (subject to hydrolysis) is 1. The van der Waals surface area contributed by atoms with Crippen LogP contribution in [0.4, 0.5) is 10.5 Å². The number of aliphatic hydroxyl groups excluding tert-OH is 1. The molecule has 0 bridgehead atoms. The van der Waals surface area contributed by atoms with Gasteiger partial charge in [-0.1, -0.05) is 24.3 Å². The molecule has 0 radical (unpaired) electrons. The number of aliphatic hydroxyl groups is 2. The third-order valence-electron chi connectivity index (χ3n) is 13.2. The number of amides is 3. The maximum Gasteiger partial charge on any atom is 0.409 e. The number of carbonyl (C=O) groups excluding carboxylic acids is 6. The van der Waals surface area contributed by atoms with Crippen LogP contribution < -0.4 is 15.4 Å². The van der Waals surface area contributed by atoms with Gasteiger partial charge in [-0.25, -0.2) is 4.79 Å². The van der Waals surface area contributed by atoms with Gasteiger partial charge in [-0.15, -0.1) is 0 Å². The lowest BCUT2D eigenvalue weighted by Crippen LogP contribution is -2.55. The number of morpholine rings is 1. The SMILES string of the molecule is COc1cccc2c1C(=O)c1c(O)c3c(c(O)c1C2=O)C[C@@](O)(C(=O)CO)C[C@@H]3O[C@H]1C[C@H]2[C@H](O[C@@H]3[C@@H](OC(=O)NCc4ccc(NCN5C(=O)CC(SC)C5=O)cc4)OCCN32)[C@H](C)O1. The van der Waals surface area contributed by atoms with Crippen LogP contribution in [-0.4, -0.2) is 153 Å². The molecule has 6 aliphatic rings. The number of hydrogen-bond donors (Lipinski definition) is 6. The molecule has 9 atom stereocenters. The molecule has 4 heterocycles. The summed E-state index contributed by atoms with van der Waals surface area (Å²) < 4.78 is 36.1. The van der Waals surface area contributed by atoms with Gasteiger partial charge in [0.2, 0.25) is 23.9 Å². The summed E-state index contributed by atoms with van der Waals surface area (Å²) in [7, 11) is 1.32. The lowest BCUT2D eigenvalue weighted by molar-refractivity contribution is -0.252. The molecular weight excluding hydrogens is 885 g/mol. The molecule has 350 valence electrons. The Balaban J connectivity index is 0.876. The number of methoxy groups -OCH3 is 1. The molecule has 66 heavy (non-hydrogen) atoms. The van der Waals surface area contributed by atoms with E-state index < -0.39 is 114 Å². The van der Waals surface area contributed by atoms with Crippen molar-refractivity contribution in [2.75, 3.05) is 45.1 Å². The second kappa shape index (κ2) is 17.9. The van der Waals surface area contributed by atoms with Gasteiger partial charge in [-0.2, -0.15) is 11.8 Å². The molecule has 1 unspecified atom stereocenters. The van der Waals surface area contributed by atoms with E-state index in [1.807, 2.05) is 4.90 Å². The average molecular weight is 933 g/mol. The van der Waals surface area contributed by atoms with Crippen LogP contribution in [0.15, 0.2) is 42.5 Å². The molecule has 4 fully saturated rings. The number of likely N-dealkylation sites (tertiary alicyclic amines) is 1. The number of nitrogens with zero attached hydrogens (tertiary/aromatic N) is 2. The number of aromatic hydroxyl groups is 2. The van der Waals surface area contributed by atoms with Gasteiger partial charge < -0.3 is 59.5 Å². The molecule has 3 amide bonds. The maximum atomic E-state index is 14.1. The lowest BCUT2D eigenvalue weighted by Gasteiger charge is -2.43. The summed E-state index contributed by atoms with van der Waals surface area (Å²) in [6.45, 7) is 1.40. The van der Waals surface area contributed by atoms with Crippen LogP contribution in [-0.2, 0) is 51.0 Å². The number of fused-ring (bicyclic) bond motifs is 6. The Morgan fingerprint density at radius 1 is 1.00 bits per heavy atom. The first-order valence-electron chi connectivity index (χ1n) is 21.4. The summed E-state index contributed by atoms with van der Waals surface area (Å²) in [6.07, 6.45) is -5.46. The van der Waals surface area contributed by atoms with Gasteiger partial charge in [0.15, 0.2) is 24.1 Å². The zero-order valence-electron chi connectivity index (χ0n) is 36.0. The number of benzene rings is 3. The van der Waals surface area contributed by atoms with Crippen molar-refractivity contribution >= 4 is 52.7 Å². The zero-order chi connectivity index (χ0) is 46.8. The van der Waals surface area contributed by atoms with Gasteiger partial charge >= 0.3 is 6.09 Å². The van der Waals surface area contributed by atoms with E-state index in [4.69, 9.17) is 28.4 Å². The maximum absolute atomic E-state index is 14.1. The summed E-state index contributed by atoms with van der Waals surface area (Å²) in [5.74, 6) is -4.36. The molecule has 0 aromatic heterocycles. The van der Waals surface area contributed by atoms with Crippen LogP contribution in [0.25, 0.3) is 0 Å². The fraction of sp³-hybridized carbons (Fsp3) is 0.467. The Morgan fingerprint density at radius 3 is 2.47 bits per heavy atom. The van der Waals surface area contributed by atoms with Gasteiger partial charge in [0.05, 0.1) is 54.5 Å². The summed E-state index contributed by atoms with van der Waals surface area (Å²) in [4.78, 5) is 82.0. The molecule has 9 rings (SSSR count). The van der Waals surface area contributed by atoms with E-state index >= 15 is 0 Å². The number of hydrogen-bond acceptors (Lipinski definition) is 19. The number of rotatable bonds is 12. The zero-order valence-corrected chi connectivity index (χ0v) is 36.8. The monoisotopic (exact) mass is 932 g/mol. The largest absolute Gasteiger partial charge is 0.507 e. The normalized spacial score (nSPS) is 29.1. The van der Waals surface area contributed by atoms with Crippen molar-refractivity contribution in [2.45, 2.75) is 93.2 Å². The van der Waals surface area contributed by atoms with Crippen molar-refractivity contribution in [1.29, 1.82) is 0 Å². The van der Waals surface area contributed by atoms with E-state index in [1.165, 1.54) is 42.0 Å². The van der Waals surface area contributed by atoms with Crippen LogP contribution >= 0.6 is 11.8 Å². The Bertz CT molecular complexity index is 2510. The summed E-state index contributed by atoms with van der Waals surface area (Å²) in [6, 6.07) is 11.0. The molecule has 20 nitrogen and oxygen atoms in total. The number of carbonyl (C=O) groups is 6. The van der Waals surface area contributed by atoms with Crippen molar-refractivity contribution < 1.29 is 77.6 Å². The summed E-state index contributed by atoms with van der Waals surface area (Å²) in [5, 5.41) is 50.6. The van der Waals surface area contributed by atoms with E-state index in [0.29, 0.717) is 12.2 Å². The first-order chi connectivity index (χ1) is 31.7. The number of ether oxygens (including phenoxy) is 6. The Morgan fingerprint density at radius 2 is 1.76 bits per heavy atom. The van der Waals surface area contributed by atoms with Gasteiger partial charge in [-0.05, 0) is 36.9 Å². The molecule has 6 N–H and O–H groups in total. The van der Waals surface area contributed by atoms with Crippen molar-refractivity contribution in [1.82, 2.24) is 15.1 Å². The third kappa shape index (κ3) is 7.85. The number of ketones is 3. The highest BCUT2D eigenvalue weighted by molar-refractivity contribution is 8.00. The predicted octanol–water partition coefficient (Wildman–Crippen LogP) is 1.85. The minimum absolute atomic E-state index is 0.0466. The van der Waals surface area contributed by atoms with Crippen LogP contribution in [0.3, 0.4) is 0 Å². The molecular formula is C45H48N4O16S. The van der Waals surface area contributed by atoms with E-state index in [1.54, 1.807) is 37.4 Å². The van der Waals surface area contributed by atoms with Crippen molar-refractivity contribution in [3.05, 3.63) is 81.4 Å². The molecule has 0 spiro atoms. The highest BCUT2D eigenvalue weighted by Crippen LogP contribution is 2.53. The van der Waals surface area contributed by atoms with E-state index in [2.05, 4.69) is 10.6 Å². The number of phenolic OH excluding ortho intramolecular Hbond substituents is 2. The predicted molar refractivity (Wildman–Crippen MR) is 229 cm³/mol. The fourth-order valence-electron chi connectivity index (χ4n) is 9.83. The minimum atomic E-state index is -2.32. The number of phenols is 2. The van der Waals surface area contributed by atoms with Crippen LogP contribution in [0.1, 0.15) is 80.8 Å². The van der Waals surface area contributed by atoms with E-state index in [0.717, 1.165) is 5.56 Å². The van der Waals surface area contributed by atoms with Gasteiger partial charge in [0.1, 0.15) is 35.6 Å². The molecule has 21 heteroatoms. The first-order valence-corrected chi connectivity index (χ1v) is 22.7. The molecule has 2 aliphatic carbocycles. The van der Waals surface area contributed by atoms with Crippen LogP contribution in [0, 0.1) is 0 Å². The van der Waals surface area contributed by atoms with Gasteiger partial charge in [0.25, 0.3) is 0 Å². The second-order valence-electron chi connectivity index (χ2n) is 16.9. The summed E-state index contributed by atoms with van der Waals surface area (Å²) >= 11 is 1.35. The third-order valence-corrected chi connectivity index (χ3v) is 14.1. The number of Topliss-reactive ketones (excluding diaryl/α,β-unsaturated/α-hetero) is 1. The molecule has 3 aromatic rings. The quantitative estimate of drug-likeness (QED) is 0.0874. The minimum Gasteiger partial charge on any atom is -0.507 e. The Kier molecular flexibility index (Phi) is 12.3. The fourth-order valence-corrected chi connectivity index (χ4v) is 10.5. The van der Waals surface area contributed by atoms with E-state index in [9.17, 15) is 49.2 Å². The molecule has 0 saturated carbocycles. The highest BCUT2D eigenvalue weighted by atomic mass is 32.2. The van der Waals surface area contributed by atoms with Crippen molar-refractivity contribution in [2.24, 2.45) is 0 Å². The highest BCUT2D eigenvalue weighted by Gasteiger charge is 2.56. The van der Waals surface area contributed by atoms with E-state index in [-0.39, 0.29) is 77.7 Å². The first kappa shape index (κ1) is 45.5. The number of nitrogens with one attached hydrogen (secondary N) is 2. The van der Waals surface area contributed by atoms with Gasteiger partial charge in [0, 0.05) is 67.2 Å². The molecule has 3 aromatic carbocycles. The average Bonchev–Trinajstić information content (AvgIpc) is 3.83. The topological polar surface area (TPSA) is 269 Å². The van der Waals surface area contributed by atoms with Gasteiger partial charge in [-0.3, -0.25) is 33.8 Å². The summed E-state index contributed by atoms with van der Waals surface area (Å²) in [5.41, 5.74) is -2.41. The Hall–Kier alpha value is -5.65. The van der Waals surface area contributed by atoms with Crippen molar-refractivity contribution in [3.8, 4) is 17.2 Å². The number of thioether (sulfide) groups is 1. The standard InChI is InChI=1S/C45H48N4O16S/c1-20-40-25(48-11-12-61-43(42(48)64-40)65-44(58)46-17-21-7-9-22(10-8-21)47-19-49-30(52)14-28(66-3)41(49)57)13-31(62-20)63-27-16-45(59,29(51)18-50)15-24-33(27)39(56)35-34(37(24)54)36(53)23-5-4-6-26(60-2)32(23)38(35)55/h4-10,20,25,27-28,31,40,42-43,47,50,54,56,59H,11-19H2,1-3H3,(H,46,58)/t20-,25-,27-,28?,31-,40+,42+,43+,45-/m0/s1. The lowest BCUT2D eigenvalue weighted by atomic mass is 9.72. The molecule has 4 saturated heterocycles. The number of anilines is 1. The number of imide groups is 1. The second-order valence-corrected chi connectivity index (χ2v) is 18.0. The Labute approximate surface area is 381 Å².